The number of carbonyl (C=O) groups is 3. The second-order valence-electron chi connectivity index (χ2n) is 13.3. The van der Waals surface area contributed by atoms with Crippen molar-refractivity contribution in [3.8, 4) is 0 Å². The van der Waals surface area contributed by atoms with Crippen molar-refractivity contribution in [1.29, 1.82) is 0 Å². The minimum atomic E-state index is -1.33. The maximum atomic E-state index is 12.6. The van der Waals surface area contributed by atoms with E-state index in [0.717, 1.165) is 19.3 Å². The van der Waals surface area contributed by atoms with Crippen LogP contribution in [-0.4, -0.2) is 57.3 Å². The van der Waals surface area contributed by atoms with Gasteiger partial charge in [-0.1, -0.05) is 130 Å². The van der Waals surface area contributed by atoms with Gasteiger partial charge in [0.2, 0.25) is 0 Å². The van der Waals surface area contributed by atoms with Gasteiger partial charge < -0.3 is 20.1 Å². The van der Waals surface area contributed by atoms with Gasteiger partial charge >= 0.3 is 11.9 Å². The van der Waals surface area contributed by atoms with E-state index in [0.29, 0.717) is 25.7 Å². The molecular weight excluding hydrogens is 566 g/mol. The fraction of sp³-hybridized carbons (Fsp3) is 0.868. The van der Waals surface area contributed by atoms with Crippen molar-refractivity contribution in [3.05, 3.63) is 12.2 Å². The maximum absolute atomic E-state index is 12.6. The molecule has 3 unspecified atom stereocenters. The van der Waals surface area contributed by atoms with Crippen molar-refractivity contribution in [1.82, 2.24) is 0 Å². The number of hydrogen-bond donors (Lipinski definition) is 2. The SMILES string of the molecule is CCCCC/C=C/CCCCCCCCCCCCCCCC[N+](C(CCC)C(=O)[O-])(C(CCC)C(=O)O)C(CCC)C(=O)O. The van der Waals surface area contributed by atoms with Crippen molar-refractivity contribution in [2.45, 2.75) is 206 Å². The highest BCUT2D eigenvalue weighted by Crippen LogP contribution is 2.34. The molecule has 0 aliphatic heterocycles. The van der Waals surface area contributed by atoms with Gasteiger partial charge in [0.1, 0.15) is 6.04 Å². The summed E-state index contributed by atoms with van der Waals surface area (Å²) in [7, 11) is 0. The summed E-state index contributed by atoms with van der Waals surface area (Å²) in [5.41, 5.74) is 0. The Morgan fingerprint density at radius 2 is 0.844 bits per heavy atom. The molecular formula is C38H71NO6. The number of quaternary nitrogens is 1. The highest BCUT2D eigenvalue weighted by atomic mass is 16.4. The first kappa shape index (κ1) is 43.1. The Balaban J connectivity index is 4.64. The Morgan fingerprint density at radius 1 is 0.511 bits per heavy atom. The first-order chi connectivity index (χ1) is 21.7. The molecule has 0 spiro atoms. The van der Waals surface area contributed by atoms with Crippen LogP contribution in [0.5, 0.6) is 0 Å². The first-order valence-electron chi connectivity index (χ1n) is 18.9. The lowest BCUT2D eigenvalue weighted by molar-refractivity contribution is -0.975. The van der Waals surface area contributed by atoms with Gasteiger partial charge in [-0.15, -0.1) is 0 Å². The van der Waals surface area contributed by atoms with Crippen LogP contribution in [0.25, 0.3) is 0 Å². The van der Waals surface area contributed by atoms with Crippen molar-refractivity contribution in [3.63, 3.8) is 0 Å². The molecule has 45 heavy (non-hydrogen) atoms. The number of nitrogens with zero attached hydrogens (tertiary/aromatic N) is 1. The normalized spacial score (nSPS) is 15.1. The van der Waals surface area contributed by atoms with Crippen molar-refractivity contribution in [2.24, 2.45) is 0 Å². The largest absolute Gasteiger partial charge is 0.544 e. The van der Waals surface area contributed by atoms with Crippen LogP contribution in [0.3, 0.4) is 0 Å². The highest BCUT2D eigenvalue weighted by Gasteiger charge is 2.54. The van der Waals surface area contributed by atoms with E-state index in [1.807, 2.05) is 20.8 Å². The topological polar surface area (TPSA) is 115 Å². The Hall–Kier alpha value is -1.89. The van der Waals surface area contributed by atoms with E-state index in [1.54, 1.807) is 0 Å². The van der Waals surface area contributed by atoms with Crippen LogP contribution in [0.1, 0.15) is 188 Å². The fourth-order valence-electron chi connectivity index (χ4n) is 7.15. The summed E-state index contributed by atoms with van der Waals surface area (Å²) in [6, 6.07) is -3.32. The number of carbonyl (C=O) groups excluding carboxylic acids is 1. The number of rotatable bonds is 33. The Morgan fingerprint density at radius 3 is 1.18 bits per heavy atom. The molecule has 0 saturated carbocycles. The number of allylic oxidation sites excluding steroid dienone is 2. The third kappa shape index (κ3) is 18.1. The molecule has 2 N–H and O–H groups in total. The van der Waals surface area contributed by atoms with E-state index >= 15 is 0 Å². The van der Waals surface area contributed by atoms with Gasteiger partial charge in [0.15, 0.2) is 12.1 Å². The van der Waals surface area contributed by atoms with Crippen LogP contribution < -0.4 is 5.11 Å². The molecule has 0 aromatic heterocycles. The lowest BCUT2D eigenvalue weighted by Gasteiger charge is -2.52. The molecule has 0 saturated heterocycles. The molecule has 3 atom stereocenters. The third-order valence-corrected chi connectivity index (χ3v) is 9.58. The minimum absolute atomic E-state index is 0.209. The molecule has 0 heterocycles. The van der Waals surface area contributed by atoms with Crippen molar-refractivity contribution < 1.29 is 34.2 Å². The molecule has 7 heteroatoms. The monoisotopic (exact) mass is 638 g/mol. The lowest BCUT2D eigenvalue weighted by atomic mass is 9.91. The van der Waals surface area contributed by atoms with E-state index in [1.165, 1.54) is 96.3 Å². The van der Waals surface area contributed by atoms with Crippen LogP contribution in [0.15, 0.2) is 12.2 Å². The predicted octanol–water partition coefficient (Wildman–Crippen LogP) is 9.22. The van der Waals surface area contributed by atoms with E-state index in [-0.39, 0.29) is 25.8 Å². The predicted molar refractivity (Wildman–Crippen MR) is 184 cm³/mol. The molecule has 264 valence electrons. The summed E-state index contributed by atoms with van der Waals surface area (Å²) in [6.45, 7) is 8.07. The summed E-state index contributed by atoms with van der Waals surface area (Å²) in [5.74, 6) is -3.55. The van der Waals surface area contributed by atoms with Crippen LogP contribution in [0.4, 0.5) is 0 Å². The second-order valence-corrected chi connectivity index (χ2v) is 13.3. The number of hydrogen-bond acceptors (Lipinski definition) is 4. The zero-order valence-corrected chi connectivity index (χ0v) is 29.7. The summed E-state index contributed by atoms with van der Waals surface area (Å²) < 4.78 is -0.432. The molecule has 0 fully saturated rings. The summed E-state index contributed by atoms with van der Waals surface area (Å²) in [5, 5.41) is 33.1. The molecule has 0 aliphatic carbocycles. The number of carboxylic acid groups (broad SMARTS) is 3. The van der Waals surface area contributed by atoms with E-state index in [2.05, 4.69) is 19.1 Å². The summed E-state index contributed by atoms with van der Waals surface area (Å²) >= 11 is 0. The van der Waals surface area contributed by atoms with Gasteiger partial charge in [-0.05, 0) is 51.4 Å². The third-order valence-electron chi connectivity index (χ3n) is 9.58. The molecule has 0 rings (SSSR count). The fourth-order valence-corrected chi connectivity index (χ4v) is 7.15. The van der Waals surface area contributed by atoms with Crippen LogP contribution >= 0.6 is 0 Å². The zero-order valence-electron chi connectivity index (χ0n) is 29.7. The molecule has 0 amide bonds. The lowest BCUT2D eigenvalue weighted by Crippen LogP contribution is -2.74. The first-order valence-corrected chi connectivity index (χ1v) is 18.9. The highest BCUT2D eigenvalue weighted by molar-refractivity contribution is 5.77. The molecule has 0 radical (unpaired) electrons. The van der Waals surface area contributed by atoms with Gasteiger partial charge in [0.25, 0.3) is 0 Å². The molecule has 0 aromatic carbocycles. The van der Waals surface area contributed by atoms with Gasteiger partial charge in [-0.2, -0.15) is 0 Å². The Kier molecular flexibility index (Phi) is 27.2. The van der Waals surface area contributed by atoms with Crippen LogP contribution in [-0.2, 0) is 14.4 Å². The van der Waals surface area contributed by atoms with Gasteiger partial charge in [-0.25, -0.2) is 9.59 Å². The Labute approximate surface area is 276 Å². The van der Waals surface area contributed by atoms with E-state index in [9.17, 15) is 29.7 Å². The molecule has 0 aromatic rings. The van der Waals surface area contributed by atoms with E-state index in [4.69, 9.17) is 0 Å². The standard InChI is InChI=1S/C38H71NO6/c1-5-9-10-11-12-13-14-15-16-17-18-19-20-21-22-23-24-25-26-27-28-32-39(33(29-6-2)36(40)41,34(30-7-3)37(42)43)35(31-8-4)38(44)45/h12-13,33-35H,5-11,14-32H2,1-4H3,(H2-,40,41,42,43,44,45)/b13-12+. The second kappa shape index (κ2) is 28.3. The number of aliphatic carboxylic acids is 3. The average Bonchev–Trinajstić information content (AvgIpc) is 3.00. The van der Waals surface area contributed by atoms with Gasteiger partial charge in [0.05, 0.1) is 12.5 Å². The molecule has 0 bridgehead atoms. The Bertz CT molecular complexity index is 722. The minimum Gasteiger partial charge on any atom is -0.544 e. The quantitative estimate of drug-likeness (QED) is 0.0421. The smallest absolute Gasteiger partial charge is 0.362 e. The molecule has 7 nitrogen and oxygen atoms in total. The van der Waals surface area contributed by atoms with Crippen molar-refractivity contribution in [2.75, 3.05) is 6.54 Å². The molecule has 0 aliphatic rings. The summed E-state index contributed by atoms with van der Waals surface area (Å²) in [4.78, 5) is 37.7. The summed E-state index contributed by atoms with van der Waals surface area (Å²) in [6.07, 6.45) is 30.0. The van der Waals surface area contributed by atoms with Crippen LogP contribution in [0, 0.1) is 0 Å². The number of unbranched alkanes of at least 4 members (excludes halogenated alkanes) is 17. The van der Waals surface area contributed by atoms with Crippen LogP contribution in [0.2, 0.25) is 0 Å². The van der Waals surface area contributed by atoms with E-state index < -0.39 is 40.5 Å². The van der Waals surface area contributed by atoms with Gasteiger partial charge in [-0.3, -0.25) is 4.48 Å². The zero-order chi connectivity index (χ0) is 33.8. The number of carboxylic acids is 3. The maximum Gasteiger partial charge on any atom is 0.362 e. The van der Waals surface area contributed by atoms with Crippen molar-refractivity contribution >= 4 is 17.9 Å². The average molecular weight is 638 g/mol. The van der Waals surface area contributed by atoms with Gasteiger partial charge in [0, 0.05) is 19.3 Å².